The van der Waals surface area contributed by atoms with Gasteiger partial charge in [0.05, 0.1) is 4.47 Å². The SMILES string of the molecule is FC(C(F)(F)F)C(F)(F)COc1ccccc1Br. The number of alkyl halides is 6. The molecule has 1 unspecified atom stereocenters. The highest BCUT2D eigenvalue weighted by atomic mass is 79.9. The van der Waals surface area contributed by atoms with E-state index in [1.54, 1.807) is 6.07 Å². The Bertz CT molecular complexity index is 406. The van der Waals surface area contributed by atoms with Gasteiger partial charge >= 0.3 is 12.1 Å². The van der Waals surface area contributed by atoms with Gasteiger partial charge in [-0.3, -0.25) is 0 Å². The Labute approximate surface area is 107 Å². The van der Waals surface area contributed by atoms with E-state index in [0.29, 0.717) is 0 Å². The Morgan fingerprint density at radius 3 is 2.17 bits per heavy atom. The third kappa shape index (κ3) is 3.79. The fraction of sp³-hybridized carbons (Fsp3) is 0.400. The number of benzene rings is 1. The first-order valence-electron chi connectivity index (χ1n) is 4.60. The molecule has 0 heterocycles. The van der Waals surface area contributed by atoms with E-state index in [1.807, 2.05) is 0 Å². The second-order valence-corrected chi connectivity index (χ2v) is 4.24. The van der Waals surface area contributed by atoms with Crippen molar-refractivity contribution in [1.29, 1.82) is 0 Å². The highest BCUT2D eigenvalue weighted by molar-refractivity contribution is 9.10. The lowest BCUT2D eigenvalue weighted by Gasteiger charge is -2.22. The van der Waals surface area contributed by atoms with Gasteiger partial charge in [-0.05, 0) is 28.1 Å². The summed E-state index contributed by atoms with van der Waals surface area (Å²) in [6, 6.07) is 5.71. The third-order valence-electron chi connectivity index (χ3n) is 1.91. The van der Waals surface area contributed by atoms with Crippen LogP contribution < -0.4 is 4.74 Å². The minimum absolute atomic E-state index is 0.0912. The Hall–Kier alpha value is -0.920. The van der Waals surface area contributed by atoms with Crippen LogP contribution in [0.25, 0.3) is 0 Å². The van der Waals surface area contributed by atoms with Crippen LogP contribution >= 0.6 is 15.9 Å². The number of hydrogen-bond donors (Lipinski definition) is 0. The van der Waals surface area contributed by atoms with Crippen LogP contribution in [0.3, 0.4) is 0 Å². The van der Waals surface area contributed by atoms with Crippen LogP contribution in [0.15, 0.2) is 28.7 Å². The standard InChI is InChI=1S/C10H7BrF6O/c11-6-3-1-2-4-7(6)18-5-9(13,14)8(12)10(15,16)17/h1-4,8H,5H2. The fourth-order valence-electron chi connectivity index (χ4n) is 1.05. The van der Waals surface area contributed by atoms with Crippen LogP contribution in [0.4, 0.5) is 26.3 Å². The van der Waals surface area contributed by atoms with E-state index >= 15 is 0 Å². The lowest BCUT2D eigenvalue weighted by molar-refractivity contribution is -0.250. The van der Waals surface area contributed by atoms with E-state index in [-0.39, 0.29) is 10.2 Å². The van der Waals surface area contributed by atoms with Gasteiger partial charge in [0.15, 0.2) is 6.61 Å². The molecule has 18 heavy (non-hydrogen) atoms. The molecule has 1 rings (SSSR count). The summed E-state index contributed by atoms with van der Waals surface area (Å²) in [6.45, 7) is -1.70. The molecular formula is C10H7BrF6O. The summed E-state index contributed by atoms with van der Waals surface area (Å²) >= 11 is 2.95. The molecule has 0 amide bonds. The Morgan fingerprint density at radius 1 is 1.11 bits per heavy atom. The predicted molar refractivity (Wildman–Crippen MR) is 55.5 cm³/mol. The van der Waals surface area contributed by atoms with Crippen molar-refractivity contribution in [3.8, 4) is 5.75 Å². The van der Waals surface area contributed by atoms with Crippen LogP contribution in [0.1, 0.15) is 0 Å². The lowest BCUT2D eigenvalue weighted by Crippen LogP contribution is -2.45. The van der Waals surface area contributed by atoms with Crippen molar-refractivity contribution >= 4 is 15.9 Å². The summed E-state index contributed by atoms with van der Waals surface area (Å²) in [5.74, 6) is -4.74. The van der Waals surface area contributed by atoms with Crippen LogP contribution in [0.5, 0.6) is 5.75 Å². The zero-order valence-corrected chi connectivity index (χ0v) is 10.2. The minimum Gasteiger partial charge on any atom is -0.486 e. The topological polar surface area (TPSA) is 9.23 Å². The molecule has 8 heteroatoms. The molecular weight excluding hydrogens is 330 g/mol. The summed E-state index contributed by atoms with van der Waals surface area (Å²) in [5.41, 5.74) is 0. The first-order valence-corrected chi connectivity index (χ1v) is 5.40. The van der Waals surface area contributed by atoms with E-state index in [4.69, 9.17) is 0 Å². The van der Waals surface area contributed by atoms with Gasteiger partial charge in [0.25, 0.3) is 6.17 Å². The van der Waals surface area contributed by atoms with Crippen molar-refractivity contribution < 1.29 is 31.1 Å². The van der Waals surface area contributed by atoms with Crippen molar-refractivity contribution in [3.05, 3.63) is 28.7 Å². The summed E-state index contributed by atoms with van der Waals surface area (Å²) in [6.07, 6.45) is -9.88. The van der Waals surface area contributed by atoms with Crippen LogP contribution in [-0.2, 0) is 0 Å². The lowest BCUT2D eigenvalue weighted by atomic mass is 10.2. The molecule has 1 nitrogen and oxygen atoms in total. The number of para-hydroxylation sites is 1. The van der Waals surface area contributed by atoms with Crippen molar-refractivity contribution in [3.63, 3.8) is 0 Å². The molecule has 0 bridgehead atoms. The van der Waals surface area contributed by atoms with Crippen molar-refractivity contribution in [2.45, 2.75) is 18.3 Å². The average Bonchev–Trinajstić information content (AvgIpc) is 2.26. The molecule has 1 aromatic carbocycles. The largest absolute Gasteiger partial charge is 0.486 e. The maximum Gasteiger partial charge on any atom is 0.425 e. The molecule has 1 aromatic rings. The van der Waals surface area contributed by atoms with Crippen molar-refractivity contribution in [2.75, 3.05) is 6.61 Å². The molecule has 0 saturated heterocycles. The van der Waals surface area contributed by atoms with Gasteiger partial charge < -0.3 is 4.74 Å². The van der Waals surface area contributed by atoms with E-state index in [2.05, 4.69) is 20.7 Å². The monoisotopic (exact) mass is 336 g/mol. The summed E-state index contributed by atoms with van der Waals surface area (Å²) in [5, 5.41) is 0. The normalized spacial score (nSPS) is 14.4. The van der Waals surface area contributed by atoms with E-state index in [1.165, 1.54) is 18.2 Å². The molecule has 0 aliphatic heterocycles. The number of hydrogen-bond acceptors (Lipinski definition) is 1. The molecule has 0 aliphatic rings. The summed E-state index contributed by atoms with van der Waals surface area (Å²) in [7, 11) is 0. The second-order valence-electron chi connectivity index (χ2n) is 3.38. The zero-order chi connectivity index (χ0) is 14.0. The van der Waals surface area contributed by atoms with E-state index < -0.39 is 24.9 Å². The van der Waals surface area contributed by atoms with Crippen LogP contribution in [-0.4, -0.2) is 24.9 Å². The third-order valence-corrected chi connectivity index (χ3v) is 2.57. The minimum atomic E-state index is -5.62. The van der Waals surface area contributed by atoms with Gasteiger partial charge in [-0.25, -0.2) is 4.39 Å². The van der Waals surface area contributed by atoms with E-state index in [0.717, 1.165) is 0 Å². The average molecular weight is 337 g/mol. The first kappa shape index (κ1) is 15.1. The van der Waals surface area contributed by atoms with E-state index in [9.17, 15) is 26.3 Å². The van der Waals surface area contributed by atoms with Crippen LogP contribution in [0.2, 0.25) is 0 Å². The van der Waals surface area contributed by atoms with Gasteiger partial charge in [-0.2, -0.15) is 22.0 Å². The second kappa shape index (κ2) is 5.38. The predicted octanol–water partition coefficient (Wildman–Crippen LogP) is 4.36. The molecule has 0 spiro atoms. The fourth-order valence-corrected chi connectivity index (χ4v) is 1.45. The van der Waals surface area contributed by atoms with Crippen molar-refractivity contribution in [2.24, 2.45) is 0 Å². The number of ether oxygens (including phenoxy) is 1. The molecule has 0 radical (unpaired) electrons. The number of halogens is 7. The van der Waals surface area contributed by atoms with Gasteiger partial charge in [0.2, 0.25) is 0 Å². The van der Waals surface area contributed by atoms with Crippen molar-refractivity contribution in [1.82, 2.24) is 0 Å². The molecule has 0 fully saturated rings. The number of rotatable bonds is 4. The molecule has 0 aromatic heterocycles. The first-order chi connectivity index (χ1) is 8.14. The quantitative estimate of drug-likeness (QED) is 0.742. The molecule has 0 saturated carbocycles. The smallest absolute Gasteiger partial charge is 0.425 e. The van der Waals surface area contributed by atoms with Gasteiger partial charge in [0.1, 0.15) is 5.75 Å². The highest BCUT2D eigenvalue weighted by Gasteiger charge is 2.57. The van der Waals surface area contributed by atoms with Gasteiger partial charge in [0, 0.05) is 0 Å². The zero-order valence-electron chi connectivity index (χ0n) is 8.65. The summed E-state index contributed by atoms with van der Waals surface area (Å²) in [4.78, 5) is 0. The highest BCUT2D eigenvalue weighted by Crippen LogP contribution is 2.35. The van der Waals surface area contributed by atoms with Crippen LogP contribution in [0, 0.1) is 0 Å². The Balaban J connectivity index is 2.71. The Morgan fingerprint density at radius 2 is 1.67 bits per heavy atom. The molecule has 0 N–H and O–H groups in total. The van der Waals surface area contributed by atoms with Gasteiger partial charge in [-0.15, -0.1) is 0 Å². The molecule has 0 aliphatic carbocycles. The molecule has 1 atom stereocenters. The molecule has 102 valence electrons. The van der Waals surface area contributed by atoms with Gasteiger partial charge in [-0.1, -0.05) is 12.1 Å². The summed E-state index contributed by atoms with van der Waals surface area (Å²) < 4.78 is 78.6. The Kier molecular flexibility index (Phi) is 4.52. The maximum atomic E-state index is 12.9. The maximum absolute atomic E-state index is 12.9.